The molecule has 0 heterocycles. The van der Waals surface area contributed by atoms with Crippen molar-refractivity contribution < 1.29 is 31.8 Å². The first-order valence-corrected chi connectivity index (χ1v) is 6.69. The van der Waals surface area contributed by atoms with Gasteiger partial charge in [-0.05, 0) is 23.8 Å². The molecule has 0 fully saturated rings. The van der Waals surface area contributed by atoms with Gasteiger partial charge in [0.15, 0.2) is 0 Å². The highest BCUT2D eigenvalue weighted by Gasteiger charge is 2.25. The Bertz CT molecular complexity index is 628. The molecule has 0 aromatic heterocycles. The second-order valence-corrected chi connectivity index (χ2v) is 5.19. The summed E-state index contributed by atoms with van der Waals surface area (Å²) >= 11 is 0. The molecule has 1 rings (SSSR count). The van der Waals surface area contributed by atoms with Crippen molar-refractivity contribution in [3.8, 4) is 5.75 Å². The van der Waals surface area contributed by atoms with Crippen LogP contribution in [0.5, 0.6) is 5.75 Å². The summed E-state index contributed by atoms with van der Waals surface area (Å²) < 4.78 is 53.4. The molecule has 0 amide bonds. The van der Waals surface area contributed by atoms with E-state index in [-0.39, 0.29) is 11.4 Å². The normalized spacial score (nSPS) is 11.8. The molecule has 9 heteroatoms. The number of aliphatic carboxylic acids is 1. The lowest BCUT2D eigenvalue weighted by atomic mass is 10.2. The van der Waals surface area contributed by atoms with E-state index in [1.54, 1.807) is 4.72 Å². The summed E-state index contributed by atoms with van der Waals surface area (Å²) in [5.74, 6) is -4.76. The predicted octanol–water partition coefficient (Wildman–Crippen LogP) is 1.76. The molecular formula is C11H11F2NO5S. The number of hydrogen-bond donors (Lipinski definition) is 2. The van der Waals surface area contributed by atoms with Crippen LogP contribution in [0.1, 0.15) is 5.56 Å². The minimum atomic E-state index is -4.84. The minimum Gasteiger partial charge on any atom is -0.495 e. The van der Waals surface area contributed by atoms with Gasteiger partial charge in [0.2, 0.25) is 0 Å². The zero-order valence-corrected chi connectivity index (χ0v) is 11.0. The Labute approximate surface area is 113 Å². The van der Waals surface area contributed by atoms with Gasteiger partial charge in [-0.25, -0.2) is 13.2 Å². The third-order valence-electron chi connectivity index (χ3n) is 2.13. The first kappa shape index (κ1) is 15.9. The quantitative estimate of drug-likeness (QED) is 0.781. The fourth-order valence-corrected chi connectivity index (χ4v) is 1.83. The Morgan fingerprint density at radius 1 is 1.45 bits per heavy atom. The summed E-state index contributed by atoms with van der Waals surface area (Å²) in [4.78, 5) is 10.4. The van der Waals surface area contributed by atoms with E-state index in [1.807, 2.05) is 0 Å². The molecule has 0 saturated carbocycles. The van der Waals surface area contributed by atoms with Gasteiger partial charge in [-0.3, -0.25) is 4.72 Å². The SMILES string of the molecule is COc1ccc(C=CC(=O)O)cc1NS(=O)(=O)C(F)F. The van der Waals surface area contributed by atoms with Gasteiger partial charge in [-0.1, -0.05) is 6.07 Å². The summed E-state index contributed by atoms with van der Waals surface area (Å²) in [7, 11) is -3.60. The molecule has 0 saturated heterocycles. The molecule has 0 aliphatic carbocycles. The highest BCUT2D eigenvalue weighted by Crippen LogP contribution is 2.28. The first-order valence-electron chi connectivity index (χ1n) is 5.15. The Kier molecular flexibility index (Phi) is 5.03. The van der Waals surface area contributed by atoms with Crippen LogP contribution in [0.3, 0.4) is 0 Å². The molecule has 6 nitrogen and oxygen atoms in total. The number of ether oxygens (including phenoxy) is 1. The average Bonchev–Trinajstić information content (AvgIpc) is 2.36. The monoisotopic (exact) mass is 307 g/mol. The number of sulfonamides is 1. The lowest BCUT2D eigenvalue weighted by molar-refractivity contribution is -0.131. The number of carboxylic acid groups (broad SMARTS) is 1. The number of carbonyl (C=O) groups is 1. The van der Waals surface area contributed by atoms with Crippen LogP contribution in [-0.2, 0) is 14.8 Å². The van der Waals surface area contributed by atoms with Crippen molar-refractivity contribution in [3.63, 3.8) is 0 Å². The maximum Gasteiger partial charge on any atom is 0.355 e. The summed E-state index contributed by atoms with van der Waals surface area (Å²) in [5, 5.41) is 8.48. The van der Waals surface area contributed by atoms with Gasteiger partial charge in [0.05, 0.1) is 12.8 Å². The molecule has 1 aromatic rings. The fraction of sp³-hybridized carbons (Fsp3) is 0.182. The molecule has 0 aliphatic heterocycles. The summed E-state index contributed by atoms with van der Waals surface area (Å²) in [6.07, 6.45) is 2.01. The van der Waals surface area contributed by atoms with Gasteiger partial charge in [-0.15, -0.1) is 0 Å². The summed E-state index contributed by atoms with van der Waals surface area (Å²) in [6.45, 7) is 0. The minimum absolute atomic E-state index is 0.0294. The molecule has 1 aromatic carbocycles. The number of methoxy groups -OCH3 is 1. The molecule has 0 radical (unpaired) electrons. The predicted molar refractivity (Wildman–Crippen MR) is 68.2 cm³/mol. The van der Waals surface area contributed by atoms with Crippen LogP contribution in [0.2, 0.25) is 0 Å². The maximum absolute atomic E-state index is 12.3. The Balaban J connectivity index is 3.16. The van der Waals surface area contributed by atoms with E-state index < -0.39 is 21.8 Å². The second-order valence-electron chi connectivity index (χ2n) is 3.54. The van der Waals surface area contributed by atoms with Gasteiger partial charge >= 0.3 is 11.7 Å². The maximum atomic E-state index is 12.3. The zero-order chi connectivity index (χ0) is 15.3. The molecule has 0 unspecified atom stereocenters. The zero-order valence-electron chi connectivity index (χ0n) is 10.2. The van der Waals surface area contributed by atoms with Crippen molar-refractivity contribution in [2.45, 2.75) is 5.76 Å². The summed E-state index contributed by atoms with van der Waals surface area (Å²) in [5.41, 5.74) is 0.0977. The van der Waals surface area contributed by atoms with Crippen LogP contribution in [-0.4, -0.2) is 32.4 Å². The van der Waals surface area contributed by atoms with E-state index in [2.05, 4.69) is 0 Å². The van der Waals surface area contributed by atoms with Crippen molar-refractivity contribution in [1.29, 1.82) is 0 Å². The van der Waals surface area contributed by atoms with Crippen LogP contribution in [0, 0.1) is 0 Å². The van der Waals surface area contributed by atoms with E-state index in [0.29, 0.717) is 5.56 Å². The molecule has 0 aliphatic rings. The number of hydrogen-bond acceptors (Lipinski definition) is 4. The third kappa shape index (κ3) is 4.19. The largest absolute Gasteiger partial charge is 0.495 e. The molecule has 20 heavy (non-hydrogen) atoms. The van der Waals surface area contributed by atoms with E-state index in [9.17, 15) is 22.0 Å². The molecular weight excluding hydrogens is 296 g/mol. The highest BCUT2D eigenvalue weighted by molar-refractivity contribution is 7.93. The lowest BCUT2D eigenvalue weighted by Crippen LogP contribution is -2.20. The number of carboxylic acids is 1. The Morgan fingerprint density at radius 3 is 2.60 bits per heavy atom. The first-order chi connectivity index (χ1) is 9.26. The standard InChI is InChI=1S/C11H11F2NO5S/c1-19-9-4-2-7(3-5-10(15)16)6-8(9)14-20(17,18)11(12)13/h2-6,11,14H,1H3,(H,15,16). The molecule has 0 spiro atoms. The van der Waals surface area contributed by atoms with E-state index in [4.69, 9.17) is 9.84 Å². The number of anilines is 1. The van der Waals surface area contributed by atoms with Gasteiger partial charge in [0.1, 0.15) is 5.75 Å². The second kappa shape index (κ2) is 6.33. The van der Waals surface area contributed by atoms with Gasteiger partial charge in [0, 0.05) is 6.08 Å². The average molecular weight is 307 g/mol. The number of alkyl halides is 2. The van der Waals surface area contributed by atoms with E-state index >= 15 is 0 Å². The molecule has 2 N–H and O–H groups in total. The van der Waals surface area contributed by atoms with Gasteiger partial charge in [-0.2, -0.15) is 8.78 Å². The van der Waals surface area contributed by atoms with E-state index in [1.165, 1.54) is 31.4 Å². The number of halogens is 2. The van der Waals surface area contributed by atoms with E-state index in [0.717, 1.165) is 6.08 Å². The van der Waals surface area contributed by atoms with Crippen LogP contribution in [0.4, 0.5) is 14.5 Å². The molecule has 0 bridgehead atoms. The highest BCUT2D eigenvalue weighted by atomic mass is 32.2. The van der Waals surface area contributed by atoms with Crippen molar-refractivity contribution in [2.75, 3.05) is 11.8 Å². The number of benzene rings is 1. The van der Waals surface area contributed by atoms with Crippen LogP contribution in [0.15, 0.2) is 24.3 Å². The van der Waals surface area contributed by atoms with Crippen molar-refractivity contribution in [2.24, 2.45) is 0 Å². The third-order valence-corrected chi connectivity index (χ3v) is 3.10. The Hall–Kier alpha value is -2.16. The smallest absolute Gasteiger partial charge is 0.355 e. The number of rotatable bonds is 6. The Morgan fingerprint density at radius 2 is 2.10 bits per heavy atom. The van der Waals surface area contributed by atoms with Crippen molar-refractivity contribution in [3.05, 3.63) is 29.8 Å². The van der Waals surface area contributed by atoms with Crippen molar-refractivity contribution in [1.82, 2.24) is 0 Å². The topological polar surface area (TPSA) is 92.7 Å². The fourth-order valence-electron chi connectivity index (χ4n) is 1.27. The lowest BCUT2D eigenvalue weighted by Gasteiger charge is -2.11. The van der Waals surface area contributed by atoms with Gasteiger partial charge < -0.3 is 9.84 Å². The summed E-state index contributed by atoms with van der Waals surface area (Å²) in [6, 6.07) is 3.95. The van der Waals surface area contributed by atoms with Gasteiger partial charge in [0.25, 0.3) is 10.0 Å². The van der Waals surface area contributed by atoms with Crippen LogP contribution >= 0.6 is 0 Å². The van der Waals surface area contributed by atoms with Crippen LogP contribution < -0.4 is 9.46 Å². The number of nitrogens with one attached hydrogen (secondary N) is 1. The molecule has 0 atom stereocenters. The van der Waals surface area contributed by atoms with Crippen molar-refractivity contribution >= 4 is 27.8 Å². The van der Waals surface area contributed by atoms with Crippen LogP contribution in [0.25, 0.3) is 6.08 Å². The molecule has 110 valence electrons.